The van der Waals surface area contributed by atoms with Crippen LogP contribution in [0.5, 0.6) is 0 Å². The maximum atomic E-state index is 13.0. The Morgan fingerprint density at radius 3 is 2.64 bits per heavy atom. The lowest BCUT2D eigenvalue weighted by molar-refractivity contribution is -0.118. The van der Waals surface area contributed by atoms with Gasteiger partial charge in [-0.1, -0.05) is 36.4 Å². The first kappa shape index (κ1) is 18.8. The van der Waals surface area contributed by atoms with Crippen molar-refractivity contribution >= 4 is 39.6 Å². The van der Waals surface area contributed by atoms with E-state index in [-0.39, 0.29) is 11.8 Å². The van der Waals surface area contributed by atoms with Crippen LogP contribution in [0.15, 0.2) is 47.8 Å². The zero-order valence-electron chi connectivity index (χ0n) is 15.3. The number of nitrogens with one attached hydrogen (secondary N) is 2. The molecule has 1 aliphatic carbocycles. The molecule has 0 radical (unpaired) electrons. The SMILES string of the molecule is O=C(N[C@@H](Cc1ccccc1)C(=O)Nc1nc2c(s1)CCCC2)c1cccs1. The van der Waals surface area contributed by atoms with Gasteiger partial charge in [0.05, 0.1) is 10.6 Å². The lowest BCUT2D eigenvalue weighted by Crippen LogP contribution is -2.45. The number of fused-ring (bicyclic) bond motifs is 1. The highest BCUT2D eigenvalue weighted by Gasteiger charge is 2.24. The topological polar surface area (TPSA) is 71.1 Å². The summed E-state index contributed by atoms with van der Waals surface area (Å²) in [6.45, 7) is 0. The summed E-state index contributed by atoms with van der Waals surface area (Å²) in [7, 11) is 0. The van der Waals surface area contributed by atoms with Gasteiger partial charge in [-0.2, -0.15) is 0 Å². The number of carbonyl (C=O) groups is 2. The smallest absolute Gasteiger partial charge is 0.262 e. The van der Waals surface area contributed by atoms with Crippen LogP contribution >= 0.6 is 22.7 Å². The van der Waals surface area contributed by atoms with Gasteiger partial charge in [0.25, 0.3) is 5.91 Å². The summed E-state index contributed by atoms with van der Waals surface area (Å²) in [6.07, 6.45) is 4.76. The van der Waals surface area contributed by atoms with Crippen molar-refractivity contribution in [2.24, 2.45) is 0 Å². The Morgan fingerprint density at radius 2 is 1.89 bits per heavy atom. The zero-order valence-corrected chi connectivity index (χ0v) is 16.9. The molecule has 4 rings (SSSR count). The normalized spacial score (nSPS) is 14.1. The Morgan fingerprint density at radius 1 is 1.07 bits per heavy atom. The predicted molar refractivity (Wildman–Crippen MR) is 113 cm³/mol. The second-order valence-electron chi connectivity index (χ2n) is 6.78. The Balaban J connectivity index is 1.50. The minimum atomic E-state index is -0.669. The van der Waals surface area contributed by atoms with Crippen LogP contribution < -0.4 is 10.6 Å². The molecule has 1 atom stereocenters. The van der Waals surface area contributed by atoms with Gasteiger partial charge in [-0.15, -0.1) is 22.7 Å². The molecule has 2 N–H and O–H groups in total. The number of thiophene rings is 1. The molecule has 144 valence electrons. The average molecular weight is 412 g/mol. The van der Waals surface area contributed by atoms with E-state index in [0.717, 1.165) is 30.5 Å². The number of anilines is 1. The van der Waals surface area contributed by atoms with E-state index in [9.17, 15) is 9.59 Å². The highest BCUT2D eigenvalue weighted by Crippen LogP contribution is 2.29. The van der Waals surface area contributed by atoms with Gasteiger partial charge >= 0.3 is 0 Å². The van der Waals surface area contributed by atoms with Crippen LogP contribution in [0, 0.1) is 0 Å². The van der Waals surface area contributed by atoms with Crippen LogP contribution in [0.25, 0.3) is 0 Å². The van der Waals surface area contributed by atoms with Crippen molar-refractivity contribution in [3.05, 3.63) is 68.9 Å². The molecule has 0 unspecified atom stereocenters. The number of hydrogen-bond acceptors (Lipinski definition) is 5. The van der Waals surface area contributed by atoms with Crippen LogP contribution in [-0.4, -0.2) is 22.8 Å². The van der Waals surface area contributed by atoms with E-state index < -0.39 is 6.04 Å². The number of benzene rings is 1. The van der Waals surface area contributed by atoms with E-state index in [4.69, 9.17) is 0 Å². The molecule has 2 amide bonds. The monoisotopic (exact) mass is 411 g/mol. The van der Waals surface area contributed by atoms with Crippen LogP contribution in [0.3, 0.4) is 0 Å². The Hall–Kier alpha value is -2.51. The van der Waals surface area contributed by atoms with Gasteiger partial charge in [-0.05, 0) is 42.7 Å². The Bertz CT molecular complexity index is 928. The lowest BCUT2D eigenvalue weighted by atomic mass is 10.0. The number of aryl methyl sites for hydroxylation is 2. The molecule has 0 saturated carbocycles. The number of thiazole rings is 1. The number of rotatable bonds is 6. The van der Waals surface area contributed by atoms with Gasteiger partial charge in [-0.25, -0.2) is 4.98 Å². The molecule has 0 aliphatic heterocycles. The molecule has 1 aliphatic rings. The van der Waals surface area contributed by atoms with Crippen LogP contribution in [0.1, 0.15) is 38.6 Å². The molecule has 2 aromatic heterocycles. The zero-order chi connectivity index (χ0) is 19.3. The summed E-state index contributed by atoms with van der Waals surface area (Å²) in [5.41, 5.74) is 2.10. The number of nitrogens with zero attached hydrogens (tertiary/aromatic N) is 1. The van der Waals surface area contributed by atoms with Crippen molar-refractivity contribution in [1.29, 1.82) is 0 Å². The average Bonchev–Trinajstić information content (AvgIpc) is 3.37. The second-order valence-corrected chi connectivity index (χ2v) is 8.81. The van der Waals surface area contributed by atoms with Crippen LogP contribution in [0.2, 0.25) is 0 Å². The minimum Gasteiger partial charge on any atom is -0.339 e. The minimum absolute atomic E-state index is 0.232. The summed E-state index contributed by atoms with van der Waals surface area (Å²) in [4.78, 5) is 32.0. The van der Waals surface area contributed by atoms with Gasteiger partial charge in [0.1, 0.15) is 6.04 Å². The van der Waals surface area contributed by atoms with Crippen molar-refractivity contribution in [2.45, 2.75) is 38.1 Å². The maximum Gasteiger partial charge on any atom is 0.262 e. The third-order valence-electron chi connectivity index (χ3n) is 4.73. The summed E-state index contributed by atoms with van der Waals surface area (Å²) < 4.78 is 0. The van der Waals surface area contributed by atoms with Gasteiger partial charge in [-0.3, -0.25) is 9.59 Å². The lowest BCUT2D eigenvalue weighted by Gasteiger charge is -2.17. The molecule has 0 bridgehead atoms. The van der Waals surface area contributed by atoms with Gasteiger partial charge in [0, 0.05) is 11.3 Å². The largest absolute Gasteiger partial charge is 0.339 e. The predicted octanol–water partition coefficient (Wildman–Crippen LogP) is 4.06. The van der Waals surface area contributed by atoms with Crippen molar-refractivity contribution in [3.8, 4) is 0 Å². The molecule has 0 fully saturated rings. The molecule has 2 heterocycles. The highest BCUT2D eigenvalue weighted by molar-refractivity contribution is 7.15. The van der Waals surface area contributed by atoms with E-state index in [0.29, 0.717) is 16.4 Å². The molecule has 7 heteroatoms. The molecular formula is C21H21N3O2S2. The summed E-state index contributed by atoms with van der Waals surface area (Å²) in [5.74, 6) is -0.468. The van der Waals surface area contributed by atoms with Crippen molar-refractivity contribution in [1.82, 2.24) is 10.3 Å². The molecule has 1 aromatic carbocycles. The fourth-order valence-corrected chi connectivity index (χ4v) is 4.97. The molecule has 0 saturated heterocycles. The molecule has 3 aromatic rings. The third-order valence-corrected chi connectivity index (χ3v) is 6.67. The first-order chi connectivity index (χ1) is 13.7. The summed E-state index contributed by atoms with van der Waals surface area (Å²) in [6, 6.07) is 12.6. The Labute approximate surface area is 171 Å². The quantitative estimate of drug-likeness (QED) is 0.642. The van der Waals surface area contributed by atoms with Crippen molar-refractivity contribution in [2.75, 3.05) is 5.32 Å². The number of amides is 2. The maximum absolute atomic E-state index is 13.0. The van der Waals surface area contributed by atoms with Gasteiger partial charge in [0.2, 0.25) is 5.91 Å². The first-order valence-electron chi connectivity index (χ1n) is 9.37. The first-order valence-corrected chi connectivity index (χ1v) is 11.1. The van der Waals surface area contributed by atoms with E-state index in [1.54, 1.807) is 17.4 Å². The Kier molecular flexibility index (Phi) is 5.83. The molecule has 28 heavy (non-hydrogen) atoms. The number of aromatic nitrogens is 1. The standard InChI is InChI=1S/C21H21N3O2S2/c25-19(24-21-23-15-9-4-5-10-17(15)28-21)16(13-14-7-2-1-3-8-14)22-20(26)18-11-6-12-27-18/h1-3,6-8,11-12,16H,4-5,9-10,13H2,(H,22,26)(H,23,24,25)/t16-/m0/s1. The third kappa shape index (κ3) is 4.48. The van der Waals surface area contributed by atoms with E-state index in [2.05, 4.69) is 15.6 Å². The highest BCUT2D eigenvalue weighted by atomic mass is 32.1. The molecule has 5 nitrogen and oxygen atoms in total. The second kappa shape index (κ2) is 8.67. The van der Waals surface area contributed by atoms with Crippen LogP contribution in [0.4, 0.5) is 5.13 Å². The van der Waals surface area contributed by atoms with Gasteiger partial charge < -0.3 is 10.6 Å². The van der Waals surface area contributed by atoms with Crippen LogP contribution in [-0.2, 0) is 24.1 Å². The van der Waals surface area contributed by atoms with E-state index >= 15 is 0 Å². The van der Waals surface area contributed by atoms with E-state index in [1.165, 1.54) is 22.6 Å². The van der Waals surface area contributed by atoms with Crippen molar-refractivity contribution < 1.29 is 9.59 Å². The molecular weight excluding hydrogens is 390 g/mol. The number of carbonyl (C=O) groups excluding carboxylic acids is 2. The molecule has 0 spiro atoms. The summed E-state index contributed by atoms with van der Waals surface area (Å²) >= 11 is 2.91. The summed E-state index contributed by atoms with van der Waals surface area (Å²) in [5, 5.41) is 8.29. The van der Waals surface area contributed by atoms with Gasteiger partial charge in [0.15, 0.2) is 5.13 Å². The van der Waals surface area contributed by atoms with E-state index in [1.807, 2.05) is 41.8 Å². The number of hydrogen-bond donors (Lipinski definition) is 2. The fourth-order valence-electron chi connectivity index (χ4n) is 3.29. The van der Waals surface area contributed by atoms with Crippen molar-refractivity contribution in [3.63, 3.8) is 0 Å². The fraction of sp³-hybridized carbons (Fsp3) is 0.286.